The number of pyridine rings is 1. The first-order chi connectivity index (χ1) is 11.7. The third-order valence-electron chi connectivity index (χ3n) is 4.47. The summed E-state index contributed by atoms with van der Waals surface area (Å²) in [5.41, 5.74) is 8.67. The lowest BCUT2D eigenvalue weighted by molar-refractivity contribution is 0.645. The fourth-order valence-corrected chi connectivity index (χ4v) is 3.19. The van der Waals surface area contributed by atoms with Crippen LogP contribution < -0.4 is 11.2 Å². The van der Waals surface area contributed by atoms with Crippen molar-refractivity contribution in [2.75, 3.05) is 5.73 Å². The average Bonchev–Trinajstić information content (AvgIpc) is 2.62. The summed E-state index contributed by atoms with van der Waals surface area (Å²) in [4.78, 5) is 16.9. The van der Waals surface area contributed by atoms with Gasteiger partial charge in [-0.3, -0.25) is 4.79 Å². The van der Waals surface area contributed by atoms with Gasteiger partial charge in [0.1, 0.15) is 17.5 Å². The SMILES string of the molecule is N#Cc1cc2c(=O)c3cc(C4=CCCCC4)ccc3oc2nc1N. The Morgan fingerprint density at radius 1 is 1.21 bits per heavy atom. The molecule has 1 aromatic carbocycles. The predicted octanol–water partition coefficient (Wildman–Crippen LogP) is 3.75. The molecule has 0 saturated carbocycles. The molecule has 0 radical (unpaired) electrons. The number of fused-ring (bicyclic) bond motifs is 2. The second-order valence-corrected chi connectivity index (χ2v) is 6.00. The molecular formula is C19H15N3O2. The van der Waals surface area contributed by atoms with Crippen LogP contribution in [0.4, 0.5) is 5.82 Å². The largest absolute Gasteiger partial charge is 0.437 e. The Bertz CT molecular complexity index is 1100. The Hall–Kier alpha value is -3.13. The molecule has 3 aromatic rings. The third kappa shape index (κ3) is 2.24. The highest BCUT2D eigenvalue weighted by Gasteiger charge is 2.14. The molecule has 0 saturated heterocycles. The third-order valence-corrected chi connectivity index (χ3v) is 4.47. The Morgan fingerprint density at radius 2 is 2.08 bits per heavy atom. The van der Waals surface area contributed by atoms with Crippen LogP contribution in [0.2, 0.25) is 0 Å². The minimum absolute atomic E-state index is 0.0662. The number of nitrogens with zero attached hydrogens (tertiary/aromatic N) is 2. The topological polar surface area (TPSA) is 92.9 Å². The second-order valence-electron chi connectivity index (χ2n) is 6.00. The number of anilines is 1. The molecule has 118 valence electrons. The van der Waals surface area contributed by atoms with Gasteiger partial charge >= 0.3 is 0 Å². The number of hydrogen-bond acceptors (Lipinski definition) is 5. The smallest absolute Gasteiger partial charge is 0.232 e. The van der Waals surface area contributed by atoms with E-state index in [1.807, 2.05) is 18.2 Å². The summed E-state index contributed by atoms with van der Waals surface area (Å²) >= 11 is 0. The maximum Gasteiger partial charge on any atom is 0.232 e. The molecule has 2 heterocycles. The number of benzene rings is 1. The Kier molecular flexibility index (Phi) is 3.31. The van der Waals surface area contributed by atoms with Gasteiger partial charge in [-0.05, 0) is 55.0 Å². The van der Waals surface area contributed by atoms with Crippen LogP contribution in [-0.2, 0) is 0 Å². The number of rotatable bonds is 1. The molecule has 0 amide bonds. The van der Waals surface area contributed by atoms with Crippen LogP contribution in [-0.4, -0.2) is 4.98 Å². The van der Waals surface area contributed by atoms with Crippen LogP contribution in [0.1, 0.15) is 36.8 Å². The van der Waals surface area contributed by atoms with E-state index < -0.39 is 0 Å². The first-order valence-electron chi connectivity index (χ1n) is 7.94. The molecule has 2 N–H and O–H groups in total. The fourth-order valence-electron chi connectivity index (χ4n) is 3.19. The van der Waals surface area contributed by atoms with E-state index in [4.69, 9.17) is 15.4 Å². The Balaban J connectivity index is 1.99. The molecule has 0 atom stereocenters. The van der Waals surface area contributed by atoms with E-state index in [2.05, 4.69) is 11.1 Å². The summed E-state index contributed by atoms with van der Waals surface area (Å²) in [6.07, 6.45) is 6.73. The number of allylic oxidation sites excluding steroid dienone is 2. The normalized spacial score (nSPS) is 14.5. The quantitative estimate of drug-likeness (QED) is 0.690. The number of hydrogen-bond donors (Lipinski definition) is 1. The zero-order valence-electron chi connectivity index (χ0n) is 13.0. The number of nitrogens with two attached hydrogens (primary N) is 1. The number of nitriles is 1. The summed E-state index contributed by atoms with van der Waals surface area (Å²) < 4.78 is 5.73. The minimum atomic E-state index is -0.187. The van der Waals surface area contributed by atoms with E-state index in [0.29, 0.717) is 11.0 Å². The lowest BCUT2D eigenvalue weighted by Gasteiger charge is -2.13. The average molecular weight is 317 g/mol. The molecule has 0 spiro atoms. The summed E-state index contributed by atoms with van der Waals surface area (Å²) in [6, 6.07) is 9.05. The van der Waals surface area contributed by atoms with E-state index in [1.165, 1.54) is 24.5 Å². The monoisotopic (exact) mass is 317 g/mol. The van der Waals surface area contributed by atoms with Gasteiger partial charge in [-0.15, -0.1) is 0 Å². The van der Waals surface area contributed by atoms with E-state index in [1.54, 1.807) is 6.07 Å². The van der Waals surface area contributed by atoms with Crippen LogP contribution in [0.15, 0.2) is 39.6 Å². The van der Waals surface area contributed by atoms with Crippen molar-refractivity contribution >= 4 is 33.5 Å². The lowest BCUT2D eigenvalue weighted by Crippen LogP contribution is -2.06. The van der Waals surface area contributed by atoms with Crippen molar-refractivity contribution in [2.24, 2.45) is 0 Å². The molecule has 2 aromatic heterocycles. The number of aromatic nitrogens is 1. The maximum absolute atomic E-state index is 12.8. The van der Waals surface area contributed by atoms with Crippen molar-refractivity contribution < 1.29 is 4.42 Å². The van der Waals surface area contributed by atoms with Crippen LogP contribution in [0.3, 0.4) is 0 Å². The summed E-state index contributed by atoms with van der Waals surface area (Å²) in [5.74, 6) is 0.0662. The van der Waals surface area contributed by atoms with Crippen molar-refractivity contribution in [3.05, 3.63) is 51.7 Å². The Labute approximate surface area is 138 Å². The van der Waals surface area contributed by atoms with Crippen molar-refractivity contribution in [3.8, 4) is 6.07 Å². The van der Waals surface area contributed by atoms with Gasteiger partial charge in [-0.25, -0.2) is 0 Å². The molecule has 0 bridgehead atoms. The van der Waals surface area contributed by atoms with E-state index >= 15 is 0 Å². The number of nitrogen functional groups attached to an aromatic ring is 1. The highest BCUT2D eigenvalue weighted by molar-refractivity contribution is 5.91. The molecule has 1 aliphatic carbocycles. The molecule has 5 nitrogen and oxygen atoms in total. The zero-order chi connectivity index (χ0) is 16.7. The minimum Gasteiger partial charge on any atom is -0.437 e. The summed E-state index contributed by atoms with van der Waals surface area (Å²) in [6.45, 7) is 0. The van der Waals surface area contributed by atoms with Gasteiger partial charge in [0.25, 0.3) is 0 Å². The summed E-state index contributed by atoms with van der Waals surface area (Å²) in [5, 5.41) is 9.87. The van der Waals surface area contributed by atoms with Crippen molar-refractivity contribution in [1.29, 1.82) is 5.26 Å². The van der Waals surface area contributed by atoms with E-state index in [-0.39, 0.29) is 27.9 Å². The molecule has 0 aliphatic heterocycles. The van der Waals surface area contributed by atoms with Gasteiger partial charge in [0.05, 0.1) is 16.3 Å². The highest BCUT2D eigenvalue weighted by atomic mass is 16.3. The van der Waals surface area contributed by atoms with Crippen LogP contribution in [0, 0.1) is 11.3 Å². The van der Waals surface area contributed by atoms with Crippen LogP contribution >= 0.6 is 0 Å². The second kappa shape index (κ2) is 5.50. The highest BCUT2D eigenvalue weighted by Crippen LogP contribution is 2.29. The van der Waals surface area contributed by atoms with Crippen LogP contribution in [0.5, 0.6) is 0 Å². The standard InChI is InChI=1S/C19H15N3O2/c20-10-13-9-15-17(23)14-8-12(11-4-2-1-3-5-11)6-7-16(14)24-19(15)22-18(13)21/h4,6-9H,1-3,5H2,(H2,21,22). The van der Waals surface area contributed by atoms with Gasteiger partial charge in [0.15, 0.2) is 0 Å². The molecule has 5 heteroatoms. The van der Waals surface area contributed by atoms with Crippen molar-refractivity contribution in [3.63, 3.8) is 0 Å². The summed E-state index contributed by atoms with van der Waals surface area (Å²) in [7, 11) is 0. The van der Waals surface area contributed by atoms with Gasteiger partial charge in [-0.1, -0.05) is 12.1 Å². The molecule has 0 unspecified atom stereocenters. The molecular weight excluding hydrogens is 302 g/mol. The first-order valence-corrected chi connectivity index (χ1v) is 7.94. The molecule has 24 heavy (non-hydrogen) atoms. The van der Waals surface area contributed by atoms with Gasteiger partial charge in [0, 0.05) is 0 Å². The van der Waals surface area contributed by atoms with Gasteiger partial charge in [-0.2, -0.15) is 10.2 Å². The molecule has 4 rings (SSSR count). The molecule has 1 aliphatic rings. The van der Waals surface area contributed by atoms with Gasteiger partial charge < -0.3 is 10.2 Å². The van der Waals surface area contributed by atoms with Gasteiger partial charge in [0.2, 0.25) is 11.1 Å². The Morgan fingerprint density at radius 3 is 2.83 bits per heavy atom. The zero-order valence-corrected chi connectivity index (χ0v) is 13.0. The molecule has 0 fully saturated rings. The van der Waals surface area contributed by atoms with E-state index in [9.17, 15) is 4.79 Å². The van der Waals surface area contributed by atoms with E-state index in [0.717, 1.165) is 18.4 Å². The maximum atomic E-state index is 12.8. The first kappa shape index (κ1) is 14.5. The lowest BCUT2D eigenvalue weighted by atomic mass is 9.93. The van der Waals surface area contributed by atoms with Crippen LogP contribution in [0.25, 0.3) is 27.6 Å². The predicted molar refractivity (Wildman–Crippen MR) is 93.4 cm³/mol. The van der Waals surface area contributed by atoms with Crippen molar-refractivity contribution in [2.45, 2.75) is 25.7 Å². The van der Waals surface area contributed by atoms with Crippen molar-refractivity contribution in [1.82, 2.24) is 4.98 Å². The fraction of sp³-hybridized carbons (Fsp3) is 0.211.